The Morgan fingerprint density at radius 2 is 1.90 bits per heavy atom. The average Bonchev–Trinajstić information content (AvgIpc) is 3.21. The van der Waals surface area contributed by atoms with Crippen molar-refractivity contribution in [2.45, 2.75) is 32.1 Å². The van der Waals surface area contributed by atoms with Crippen molar-refractivity contribution < 1.29 is 14.8 Å². The van der Waals surface area contributed by atoms with Crippen LogP contribution in [0.1, 0.15) is 30.0 Å². The predicted octanol–water partition coefficient (Wildman–Crippen LogP) is 1.00. The van der Waals surface area contributed by atoms with Crippen molar-refractivity contribution in [2.75, 3.05) is 6.54 Å². The fourth-order valence-electron chi connectivity index (χ4n) is 3.20. The van der Waals surface area contributed by atoms with Gasteiger partial charge in [0, 0.05) is 24.7 Å². The largest absolute Gasteiger partial charge is 0.475 e. The van der Waals surface area contributed by atoms with Crippen molar-refractivity contribution in [1.82, 2.24) is 21.3 Å². The maximum Gasteiger partial charge on any atom is 0.475 e. The highest BCUT2D eigenvalue weighted by atomic mass is 16.4. The first kappa shape index (κ1) is 20.9. The SMILES string of the molecule is CCc1cccc(C[C@H](NC(=O)CCN2C=C(c3ccccc3)NN2)B(O)O)c1. The summed E-state index contributed by atoms with van der Waals surface area (Å²) in [7, 11) is -1.62. The lowest BCUT2D eigenvalue weighted by Gasteiger charge is -2.20. The number of hydrogen-bond acceptors (Lipinski definition) is 6. The summed E-state index contributed by atoms with van der Waals surface area (Å²) >= 11 is 0. The number of rotatable bonds is 9. The van der Waals surface area contributed by atoms with E-state index in [0.717, 1.165) is 23.2 Å². The number of benzene rings is 2. The van der Waals surface area contributed by atoms with Crippen molar-refractivity contribution in [3.8, 4) is 0 Å². The Kier molecular flexibility index (Phi) is 7.29. The summed E-state index contributed by atoms with van der Waals surface area (Å²) in [5.74, 6) is -0.993. The molecule has 1 aliphatic heterocycles. The molecule has 29 heavy (non-hydrogen) atoms. The highest BCUT2D eigenvalue weighted by Gasteiger charge is 2.26. The fourth-order valence-corrected chi connectivity index (χ4v) is 3.20. The molecule has 5 N–H and O–H groups in total. The molecule has 1 aliphatic rings. The first-order valence-electron chi connectivity index (χ1n) is 9.84. The van der Waals surface area contributed by atoms with Crippen molar-refractivity contribution >= 4 is 18.7 Å². The molecule has 0 saturated carbocycles. The van der Waals surface area contributed by atoms with E-state index in [4.69, 9.17) is 0 Å². The first-order chi connectivity index (χ1) is 14.0. The van der Waals surface area contributed by atoms with E-state index < -0.39 is 13.1 Å². The fraction of sp³-hybridized carbons (Fsp3) is 0.286. The van der Waals surface area contributed by atoms with Gasteiger partial charge < -0.3 is 20.8 Å². The minimum Gasteiger partial charge on any atom is -0.426 e. The third-order valence-corrected chi connectivity index (χ3v) is 4.85. The summed E-state index contributed by atoms with van der Waals surface area (Å²) in [6, 6.07) is 17.8. The van der Waals surface area contributed by atoms with E-state index in [1.54, 1.807) is 5.01 Å². The predicted molar refractivity (Wildman–Crippen MR) is 114 cm³/mol. The second-order valence-electron chi connectivity index (χ2n) is 7.05. The van der Waals surface area contributed by atoms with Gasteiger partial charge in [0.05, 0.1) is 11.6 Å². The lowest BCUT2D eigenvalue weighted by atomic mass is 9.75. The van der Waals surface area contributed by atoms with Crippen LogP contribution in [-0.2, 0) is 17.6 Å². The molecule has 0 unspecified atom stereocenters. The van der Waals surface area contributed by atoms with Gasteiger partial charge in [0.2, 0.25) is 5.91 Å². The van der Waals surface area contributed by atoms with Crippen LogP contribution < -0.4 is 16.3 Å². The molecule has 0 bridgehead atoms. The number of nitrogens with one attached hydrogen (secondary N) is 3. The van der Waals surface area contributed by atoms with Crippen molar-refractivity contribution in [1.29, 1.82) is 0 Å². The van der Waals surface area contributed by atoms with E-state index in [1.807, 2.05) is 60.8 Å². The molecule has 1 atom stereocenters. The Bertz CT molecular complexity index is 845. The molecule has 0 aromatic heterocycles. The molecule has 8 heteroatoms. The van der Waals surface area contributed by atoms with Gasteiger partial charge in [0.1, 0.15) is 0 Å². The third-order valence-electron chi connectivity index (χ3n) is 4.85. The van der Waals surface area contributed by atoms with Crippen LogP contribution in [0.25, 0.3) is 5.70 Å². The standard InChI is InChI=1S/C21H27BN4O3/c1-2-16-7-6-8-17(13-16)14-20(22(28)29)23-21(27)11-12-26-15-19(24-25-26)18-9-4-3-5-10-18/h3-10,13,15,20,24-25,28-29H,2,11-12,14H2,1H3,(H,23,27)/t20-/m0/s1. The van der Waals surface area contributed by atoms with Crippen LogP contribution in [-0.4, -0.2) is 40.6 Å². The maximum atomic E-state index is 12.4. The van der Waals surface area contributed by atoms with E-state index in [2.05, 4.69) is 23.2 Å². The summed E-state index contributed by atoms with van der Waals surface area (Å²) in [5, 5.41) is 23.9. The number of carbonyl (C=O) groups excluding carboxylic acids is 1. The molecule has 0 aliphatic carbocycles. The molecular weight excluding hydrogens is 367 g/mol. The van der Waals surface area contributed by atoms with Crippen molar-refractivity contribution in [2.24, 2.45) is 0 Å². The minimum atomic E-state index is -1.62. The van der Waals surface area contributed by atoms with Crippen LogP contribution in [0.4, 0.5) is 0 Å². The van der Waals surface area contributed by atoms with Crippen LogP contribution in [0.15, 0.2) is 60.8 Å². The average molecular weight is 394 g/mol. The van der Waals surface area contributed by atoms with E-state index in [9.17, 15) is 14.8 Å². The molecule has 2 aromatic carbocycles. The molecule has 1 amide bonds. The quantitative estimate of drug-likeness (QED) is 0.408. The highest BCUT2D eigenvalue weighted by molar-refractivity contribution is 6.43. The molecule has 0 saturated heterocycles. The topological polar surface area (TPSA) is 96.9 Å². The van der Waals surface area contributed by atoms with Gasteiger partial charge in [-0.15, -0.1) is 5.53 Å². The number of nitrogens with zero attached hydrogens (tertiary/aromatic N) is 1. The molecule has 7 nitrogen and oxygen atoms in total. The molecule has 152 valence electrons. The molecule has 1 heterocycles. The van der Waals surface area contributed by atoms with E-state index in [0.29, 0.717) is 13.0 Å². The van der Waals surface area contributed by atoms with Crippen LogP contribution in [0.3, 0.4) is 0 Å². The zero-order valence-corrected chi connectivity index (χ0v) is 16.5. The van der Waals surface area contributed by atoms with E-state index >= 15 is 0 Å². The van der Waals surface area contributed by atoms with Gasteiger partial charge in [0.25, 0.3) is 0 Å². The first-order valence-corrected chi connectivity index (χ1v) is 9.84. The minimum absolute atomic E-state index is 0.214. The lowest BCUT2D eigenvalue weighted by Crippen LogP contribution is -2.48. The van der Waals surface area contributed by atoms with Gasteiger partial charge in [-0.05, 0) is 24.0 Å². The summed E-state index contributed by atoms with van der Waals surface area (Å²) in [6.07, 6.45) is 3.38. The van der Waals surface area contributed by atoms with Gasteiger partial charge in [-0.1, -0.05) is 61.5 Å². The molecule has 2 aromatic rings. The number of aryl methyl sites for hydroxylation is 1. The van der Waals surface area contributed by atoms with Gasteiger partial charge in [-0.3, -0.25) is 9.80 Å². The summed E-state index contributed by atoms with van der Waals surface area (Å²) < 4.78 is 0. The van der Waals surface area contributed by atoms with Crippen LogP contribution >= 0.6 is 0 Å². The molecule has 3 rings (SSSR count). The van der Waals surface area contributed by atoms with Crippen molar-refractivity contribution in [3.63, 3.8) is 0 Å². The highest BCUT2D eigenvalue weighted by Crippen LogP contribution is 2.14. The molecular formula is C21H27BN4O3. The zero-order chi connectivity index (χ0) is 20.6. The summed E-state index contributed by atoms with van der Waals surface area (Å²) in [6.45, 7) is 2.51. The second kappa shape index (κ2) is 10.1. The number of hydrogen-bond donors (Lipinski definition) is 5. The molecule has 0 spiro atoms. The normalized spacial score (nSPS) is 14.2. The number of carbonyl (C=O) groups is 1. The van der Waals surface area contributed by atoms with Gasteiger partial charge >= 0.3 is 7.12 Å². The molecule has 0 radical (unpaired) electrons. The maximum absolute atomic E-state index is 12.4. The smallest absolute Gasteiger partial charge is 0.426 e. The van der Waals surface area contributed by atoms with Crippen LogP contribution in [0.5, 0.6) is 0 Å². The lowest BCUT2D eigenvalue weighted by molar-refractivity contribution is -0.121. The summed E-state index contributed by atoms with van der Waals surface area (Å²) in [4.78, 5) is 12.4. The monoisotopic (exact) mass is 394 g/mol. The molecule has 0 fully saturated rings. The van der Waals surface area contributed by atoms with E-state index in [1.165, 1.54) is 5.56 Å². The third kappa shape index (κ3) is 6.09. The zero-order valence-electron chi connectivity index (χ0n) is 16.5. The van der Waals surface area contributed by atoms with Crippen LogP contribution in [0, 0.1) is 0 Å². The Morgan fingerprint density at radius 3 is 2.62 bits per heavy atom. The Balaban J connectivity index is 1.51. The number of amides is 1. The Morgan fingerprint density at radius 1 is 1.14 bits per heavy atom. The van der Waals surface area contributed by atoms with Gasteiger partial charge in [0.15, 0.2) is 0 Å². The van der Waals surface area contributed by atoms with Crippen LogP contribution in [0.2, 0.25) is 0 Å². The van der Waals surface area contributed by atoms with E-state index in [-0.39, 0.29) is 12.3 Å². The van der Waals surface area contributed by atoms with Gasteiger partial charge in [-0.2, -0.15) is 0 Å². The summed E-state index contributed by atoms with van der Waals surface area (Å²) in [5.41, 5.74) is 10.2. The second-order valence-corrected chi connectivity index (χ2v) is 7.05. The Hall–Kier alpha value is -2.81. The Labute approximate surface area is 171 Å². The van der Waals surface area contributed by atoms with Gasteiger partial charge in [-0.25, -0.2) is 0 Å². The number of hydrazine groups is 2. The van der Waals surface area contributed by atoms with Crippen molar-refractivity contribution in [3.05, 3.63) is 77.5 Å².